The molecule has 0 aromatic heterocycles. The van der Waals surface area contributed by atoms with Crippen LogP contribution in [0.1, 0.15) is 32.8 Å². The lowest BCUT2D eigenvalue weighted by molar-refractivity contribution is -0.157. The van der Waals surface area contributed by atoms with Gasteiger partial charge in [-0.25, -0.2) is 0 Å². The van der Waals surface area contributed by atoms with E-state index in [-0.39, 0.29) is 19.0 Å². The average Bonchev–Trinajstić information content (AvgIpc) is 2.43. The third-order valence-corrected chi connectivity index (χ3v) is 3.75. The van der Waals surface area contributed by atoms with Crippen molar-refractivity contribution in [3.63, 3.8) is 0 Å². The quantitative estimate of drug-likeness (QED) is 0.578. The molecule has 0 saturated heterocycles. The molecule has 5 heteroatoms. The lowest BCUT2D eigenvalue weighted by atomic mass is 9.83. The first-order valence-electron chi connectivity index (χ1n) is 6.67. The summed E-state index contributed by atoms with van der Waals surface area (Å²) in [6.45, 7) is 5.41. The highest BCUT2D eigenvalue weighted by molar-refractivity contribution is 9.10. The number of carbonyl (C=O) groups excluding carboxylic acids is 2. The molecule has 116 valence electrons. The van der Waals surface area contributed by atoms with Crippen LogP contribution in [0.5, 0.6) is 0 Å². The van der Waals surface area contributed by atoms with Crippen molar-refractivity contribution < 1.29 is 19.1 Å². The Bertz CT molecular complexity index is 494. The van der Waals surface area contributed by atoms with Crippen molar-refractivity contribution in [2.75, 3.05) is 7.11 Å². The topological polar surface area (TPSA) is 52.6 Å². The van der Waals surface area contributed by atoms with E-state index in [4.69, 9.17) is 9.47 Å². The summed E-state index contributed by atoms with van der Waals surface area (Å²) in [7, 11) is 1.32. The maximum atomic E-state index is 12.2. The van der Waals surface area contributed by atoms with Crippen molar-refractivity contribution in [2.45, 2.75) is 38.1 Å². The highest BCUT2D eigenvalue weighted by atomic mass is 79.9. The van der Waals surface area contributed by atoms with Crippen molar-refractivity contribution in [3.05, 3.63) is 35.9 Å². The van der Waals surface area contributed by atoms with Crippen molar-refractivity contribution >= 4 is 27.9 Å². The Morgan fingerprint density at radius 1 is 1.10 bits per heavy atom. The van der Waals surface area contributed by atoms with Gasteiger partial charge in [0.05, 0.1) is 12.5 Å². The van der Waals surface area contributed by atoms with Crippen LogP contribution in [0.2, 0.25) is 0 Å². The first-order valence-corrected chi connectivity index (χ1v) is 7.47. The minimum atomic E-state index is -0.920. The maximum Gasteiger partial charge on any atom is 0.322 e. The number of alkyl halides is 1. The number of carbonyl (C=O) groups is 2. The number of hydrogen-bond acceptors (Lipinski definition) is 4. The van der Waals surface area contributed by atoms with E-state index in [1.165, 1.54) is 7.11 Å². The Kier molecular flexibility index (Phi) is 5.96. The minimum absolute atomic E-state index is 0.223. The predicted octanol–water partition coefficient (Wildman–Crippen LogP) is 3.47. The van der Waals surface area contributed by atoms with Crippen molar-refractivity contribution in [1.29, 1.82) is 0 Å². The van der Waals surface area contributed by atoms with Gasteiger partial charge in [0.25, 0.3) is 0 Å². The zero-order valence-electron chi connectivity index (χ0n) is 12.8. The lowest BCUT2D eigenvalue weighted by Gasteiger charge is -2.29. The molecule has 0 bridgehead atoms. The first-order chi connectivity index (χ1) is 9.69. The predicted molar refractivity (Wildman–Crippen MR) is 84.0 cm³/mol. The van der Waals surface area contributed by atoms with Crippen LogP contribution in [0.15, 0.2) is 30.3 Å². The molecule has 0 fully saturated rings. The summed E-state index contributed by atoms with van der Waals surface area (Å²) in [6.07, 6.45) is 0.278. The lowest BCUT2D eigenvalue weighted by Crippen LogP contribution is -2.39. The summed E-state index contributed by atoms with van der Waals surface area (Å²) in [4.78, 5) is 23.9. The van der Waals surface area contributed by atoms with E-state index in [0.717, 1.165) is 5.56 Å². The van der Waals surface area contributed by atoms with Gasteiger partial charge in [0, 0.05) is 0 Å². The van der Waals surface area contributed by atoms with E-state index in [1.807, 2.05) is 30.3 Å². The summed E-state index contributed by atoms with van der Waals surface area (Å²) in [5, 5.41) is 0. The molecule has 21 heavy (non-hydrogen) atoms. The van der Waals surface area contributed by atoms with E-state index in [0.29, 0.717) is 0 Å². The zero-order chi connectivity index (χ0) is 16.1. The number of halogens is 1. The van der Waals surface area contributed by atoms with Crippen LogP contribution in [-0.2, 0) is 25.7 Å². The average molecular weight is 357 g/mol. The molecule has 0 aliphatic rings. The summed E-state index contributed by atoms with van der Waals surface area (Å²) in [6, 6.07) is 9.47. The third-order valence-electron chi connectivity index (χ3n) is 3.15. The number of hydrogen-bond donors (Lipinski definition) is 0. The van der Waals surface area contributed by atoms with Gasteiger partial charge < -0.3 is 9.47 Å². The van der Waals surface area contributed by atoms with Crippen LogP contribution in [-0.4, -0.2) is 23.4 Å². The molecule has 0 spiro atoms. The normalized spacial score (nSPS) is 14.1. The smallest absolute Gasteiger partial charge is 0.322 e. The van der Waals surface area contributed by atoms with E-state index >= 15 is 0 Å². The molecule has 0 saturated carbocycles. The van der Waals surface area contributed by atoms with Gasteiger partial charge in [-0.2, -0.15) is 0 Å². The van der Waals surface area contributed by atoms with Crippen LogP contribution < -0.4 is 0 Å². The standard InChI is InChI=1S/C16H21BrO4/c1-15(2,11-16(3,17)14(19)20-4)13(18)21-10-12-8-6-5-7-9-12/h5-9H,10-11H2,1-4H3. The largest absolute Gasteiger partial charge is 0.468 e. The summed E-state index contributed by atoms with van der Waals surface area (Å²) >= 11 is 3.33. The van der Waals surface area contributed by atoms with Gasteiger partial charge in [0.2, 0.25) is 0 Å². The second-order valence-corrected chi connectivity index (χ2v) is 7.56. The Hall–Kier alpha value is -1.36. The molecular weight excluding hydrogens is 336 g/mol. The molecule has 0 amide bonds. The molecule has 4 nitrogen and oxygen atoms in total. The Morgan fingerprint density at radius 2 is 1.67 bits per heavy atom. The molecule has 0 aliphatic heterocycles. The van der Waals surface area contributed by atoms with E-state index < -0.39 is 15.7 Å². The van der Waals surface area contributed by atoms with Gasteiger partial charge in [0.15, 0.2) is 0 Å². The van der Waals surface area contributed by atoms with Crippen LogP contribution in [0, 0.1) is 5.41 Å². The Labute approximate surface area is 133 Å². The summed E-state index contributed by atoms with van der Waals surface area (Å²) in [5.74, 6) is -0.757. The maximum absolute atomic E-state index is 12.2. The van der Waals surface area contributed by atoms with E-state index in [9.17, 15) is 9.59 Å². The second-order valence-electron chi connectivity index (χ2n) is 5.81. The second kappa shape index (κ2) is 7.07. The van der Waals surface area contributed by atoms with Crippen molar-refractivity contribution in [1.82, 2.24) is 0 Å². The summed E-state index contributed by atoms with van der Waals surface area (Å²) in [5.41, 5.74) is 0.123. The number of methoxy groups -OCH3 is 1. The van der Waals surface area contributed by atoms with Crippen molar-refractivity contribution in [3.8, 4) is 0 Å². The SMILES string of the molecule is COC(=O)C(C)(Br)CC(C)(C)C(=O)OCc1ccccc1. The molecule has 0 aliphatic carbocycles. The first kappa shape index (κ1) is 17.7. The van der Waals surface area contributed by atoms with E-state index in [1.54, 1.807) is 20.8 Å². The molecule has 0 heterocycles. The zero-order valence-corrected chi connectivity index (χ0v) is 14.4. The van der Waals surface area contributed by atoms with Crippen molar-refractivity contribution in [2.24, 2.45) is 5.41 Å². The fraction of sp³-hybridized carbons (Fsp3) is 0.500. The number of ether oxygens (including phenoxy) is 2. The molecule has 0 radical (unpaired) electrons. The van der Waals surface area contributed by atoms with Gasteiger partial charge in [0.1, 0.15) is 10.9 Å². The molecule has 1 atom stereocenters. The fourth-order valence-electron chi connectivity index (χ4n) is 2.11. The van der Waals surface area contributed by atoms with Crippen LogP contribution in [0.3, 0.4) is 0 Å². The van der Waals surface area contributed by atoms with Gasteiger partial charge in [-0.05, 0) is 32.8 Å². The number of rotatable bonds is 6. The van der Waals surface area contributed by atoms with Gasteiger partial charge in [-0.3, -0.25) is 9.59 Å². The third kappa shape index (κ3) is 5.16. The fourth-order valence-corrected chi connectivity index (χ4v) is 2.97. The van der Waals surface area contributed by atoms with Crippen LogP contribution in [0.25, 0.3) is 0 Å². The minimum Gasteiger partial charge on any atom is -0.468 e. The highest BCUT2D eigenvalue weighted by Gasteiger charge is 2.42. The Balaban J connectivity index is 2.65. The monoisotopic (exact) mass is 356 g/mol. The van der Waals surface area contributed by atoms with E-state index in [2.05, 4.69) is 15.9 Å². The Morgan fingerprint density at radius 3 is 2.19 bits per heavy atom. The summed E-state index contributed by atoms with van der Waals surface area (Å²) < 4.78 is 9.15. The molecule has 1 aromatic rings. The van der Waals surface area contributed by atoms with Crippen LogP contribution in [0.4, 0.5) is 0 Å². The molecular formula is C16H21BrO4. The molecule has 1 aromatic carbocycles. The number of benzene rings is 1. The van der Waals surface area contributed by atoms with Crippen LogP contribution >= 0.6 is 15.9 Å². The highest BCUT2D eigenvalue weighted by Crippen LogP contribution is 2.35. The van der Waals surface area contributed by atoms with Gasteiger partial charge in [-0.15, -0.1) is 0 Å². The molecule has 1 unspecified atom stereocenters. The van der Waals surface area contributed by atoms with Gasteiger partial charge >= 0.3 is 11.9 Å². The molecule has 0 N–H and O–H groups in total. The van der Waals surface area contributed by atoms with Gasteiger partial charge in [-0.1, -0.05) is 46.3 Å². The molecule has 1 rings (SSSR count). The number of esters is 2.